The molecule has 0 unspecified atom stereocenters. The van der Waals surface area contributed by atoms with E-state index in [9.17, 15) is 0 Å². The van der Waals surface area contributed by atoms with Gasteiger partial charge >= 0.3 is 0 Å². The summed E-state index contributed by atoms with van der Waals surface area (Å²) in [7, 11) is 0. The minimum atomic E-state index is 0.565. The molecule has 0 aliphatic heterocycles. The zero-order valence-corrected chi connectivity index (χ0v) is 12.8. The van der Waals surface area contributed by atoms with E-state index in [-0.39, 0.29) is 0 Å². The summed E-state index contributed by atoms with van der Waals surface area (Å²) < 4.78 is 6.03. The van der Waals surface area contributed by atoms with E-state index >= 15 is 0 Å². The van der Waals surface area contributed by atoms with Crippen LogP contribution in [0.2, 0.25) is 0 Å². The van der Waals surface area contributed by atoms with Crippen LogP contribution < -0.4 is 5.32 Å². The Kier molecular flexibility index (Phi) is 2.77. The molecular weight excluding hydrogens is 260 g/mol. The van der Waals surface area contributed by atoms with E-state index in [0.717, 1.165) is 48.4 Å². The Morgan fingerprint density at radius 2 is 1.76 bits per heavy atom. The Hall–Kier alpha value is -0.830. The highest BCUT2D eigenvalue weighted by molar-refractivity contribution is 5.07. The fourth-order valence-corrected chi connectivity index (χ4v) is 5.91. The third-order valence-corrected chi connectivity index (χ3v) is 6.44. The van der Waals surface area contributed by atoms with Gasteiger partial charge in [0.25, 0.3) is 0 Å². The summed E-state index contributed by atoms with van der Waals surface area (Å²) in [6, 6.07) is 0.725. The highest BCUT2D eigenvalue weighted by Gasteiger charge is 2.51. The maximum absolute atomic E-state index is 6.03. The van der Waals surface area contributed by atoms with Gasteiger partial charge in [-0.05, 0) is 74.5 Å². The Bertz CT molecular complexity index is 496. The van der Waals surface area contributed by atoms with Crippen molar-refractivity contribution < 1.29 is 4.42 Å². The molecule has 1 aromatic heterocycles. The number of oxazole rings is 1. The van der Waals surface area contributed by atoms with Gasteiger partial charge in [-0.3, -0.25) is 0 Å². The van der Waals surface area contributed by atoms with Crippen LogP contribution in [0.15, 0.2) is 10.6 Å². The topological polar surface area (TPSA) is 38.1 Å². The molecule has 6 rings (SSSR count). The average molecular weight is 286 g/mol. The lowest BCUT2D eigenvalue weighted by Gasteiger charge is -2.56. The van der Waals surface area contributed by atoms with Gasteiger partial charge in [-0.25, -0.2) is 4.98 Å². The molecule has 1 heterocycles. The number of hydrogen-bond acceptors (Lipinski definition) is 3. The number of hydrogen-bond donors (Lipinski definition) is 1. The lowest BCUT2D eigenvalue weighted by molar-refractivity contribution is -0.0545. The second kappa shape index (κ2) is 4.58. The van der Waals surface area contributed by atoms with Gasteiger partial charge in [0.15, 0.2) is 0 Å². The molecule has 1 N–H and O–H groups in total. The van der Waals surface area contributed by atoms with E-state index in [0.29, 0.717) is 5.41 Å². The zero-order chi connectivity index (χ0) is 13.9. The van der Waals surface area contributed by atoms with Crippen molar-refractivity contribution >= 4 is 0 Å². The quantitative estimate of drug-likeness (QED) is 0.897. The summed E-state index contributed by atoms with van der Waals surface area (Å²) in [5.74, 6) is 5.10. The fourth-order valence-electron chi connectivity index (χ4n) is 5.91. The van der Waals surface area contributed by atoms with E-state index in [4.69, 9.17) is 4.42 Å². The molecule has 4 bridgehead atoms. The Morgan fingerprint density at radius 3 is 2.38 bits per heavy atom. The van der Waals surface area contributed by atoms with Crippen molar-refractivity contribution in [2.45, 2.75) is 70.4 Å². The molecule has 5 aliphatic carbocycles. The van der Waals surface area contributed by atoms with Crippen molar-refractivity contribution in [1.82, 2.24) is 10.3 Å². The van der Waals surface area contributed by atoms with Crippen molar-refractivity contribution in [2.24, 2.45) is 23.2 Å². The summed E-state index contributed by atoms with van der Waals surface area (Å²) >= 11 is 0. The minimum Gasteiger partial charge on any atom is -0.444 e. The molecule has 5 aliphatic rings. The molecule has 0 aromatic carbocycles. The molecule has 3 heteroatoms. The summed E-state index contributed by atoms with van der Waals surface area (Å²) in [4.78, 5) is 4.48. The van der Waals surface area contributed by atoms with E-state index < -0.39 is 0 Å². The van der Waals surface area contributed by atoms with Crippen LogP contribution in [-0.4, -0.2) is 11.0 Å². The monoisotopic (exact) mass is 286 g/mol. The minimum absolute atomic E-state index is 0.565. The van der Waals surface area contributed by atoms with Crippen LogP contribution in [0.25, 0.3) is 0 Å². The van der Waals surface area contributed by atoms with Gasteiger partial charge in [-0.2, -0.15) is 0 Å². The van der Waals surface area contributed by atoms with E-state index in [2.05, 4.69) is 10.3 Å². The molecule has 0 atom stereocenters. The van der Waals surface area contributed by atoms with Gasteiger partial charge in [-0.1, -0.05) is 0 Å². The Balaban J connectivity index is 1.28. The number of aromatic nitrogens is 1. The number of rotatable bonds is 5. The molecule has 114 valence electrons. The Labute approximate surface area is 126 Å². The first-order chi connectivity index (χ1) is 10.3. The first-order valence-corrected chi connectivity index (χ1v) is 8.93. The Morgan fingerprint density at radius 1 is 1.10 bits per heavy atom. The fraction of sp³-hybridized carbons (Fsp3) is 0.833. The highest BCUT2D eigenvalue weighted by atomic mass is 16.4. The molecule has 3 nitrogen and oxygen atoms in total. The summed E-state index contributed by atoms with van der Waals surface area (Å²) in [5, 5.41) is 3.49. The predicted octanol–water partition coefficient (Wildman–Crippen LogP) is 3.69. The van der Waals surface area contributed by atoms with Crippen LogP contribution in [-0.2, 0) is 13.0 Å². The van der Waals surface area contributed by atoms with Crippen LogP contribution >= 0.6 is 0 Å². The number of nitrogens with one attached hydrogen (secondary N) is 1. The lowest BCUT2D eigenvalue weighted by atomic mass is 9.49. The van der Waals surface area contributed by atoms with Crippen molar-refractivity contribution in [3.8, 4) is 0 Å². The number of nitrogens with zero attached hydrogens (tertiary/aromatic N) is 1. The standard InChI is InChI=1S/C18H26N2O/c1-2-15(1)19-11-17-20-10-16(21-17)9-18-6-12-3-13(7-18)5-14(4-12)8-18/h10,12-15,19H,1-9,11H2. The SMILES string of the molecule is c1nc(CNC2CC2)oc1CC12CC3CC(CC(C3)C1)C2. The molecule has 0 spiro atoms. The second-order valence-corrected chi connectivity index (χ2v) is 8.47. The smallest absolute Gasteiger partial charge is 0.208 e. The van der Waals surface area contributed by atoms with Crippen LogP contribution in [0.5, 0.6) is 0 Å². The van der Waals surface area contributed by atoms with E-state index in [1.54, 1.807) is 0 Å². The molecule has 0 radical (unpaired) electrons. The second-order valence-electron chi connectivity index (χ2n) is 8.47. The van der Waals surface area contributed by atoms with Crippen LogP contribution in [0, 0.1) is 23.2 Å². The summed E-state index contributed by atoms with van der Waals surface area (Å²) in [6.07, 6.45) is 14.7. The van der Waals surface area contributed by atoms with Crippen molar-refractivity contribution in [1.29, 1.82) is 0 Å². The molecule has 5 saturated carbocycles. The van der Waals surface area contributed by atoms with Crippen molar-refractivity contribution in [3.63, 3.8) is 0 Å². The molecule has 1 aromatic rings. The highest BCUT2D eigenvalue weighted by Crippen LogP contribution is 2.61. The molecular formula is C18H26N2O. The van der Waals surface area contributed by atoms with Crippen molar-refractivity contribution in [3.05, 3.63) is 17.8 Å². The molecule has 0 saturated heterocycles. The lowest BCUT2D eigenvalue weighted by Crippen LogP contribution is -2.46. The van der Waals surface area contributed by atoms with Gasteiger partial charge in [0.2, 0.25) is 5.89 Å². The van der Waals surface area contributed by atoms with E-state index in [1.807, 2.05) is 6.20 Å². The molecule has 21 heavy (non-hydrogen) atoms. The van der Waals surface area contributed by atoms with Crippen LogP contribution in [0.3, 0.4) is 0 Å². The van der Waals surface area contributed by atoms with Gasteiger partial charge in [0, 0.05) is 12.5 Å². The van der Waals surface area contributed by atoms with Gasteiger partial charge in [0.05, 0.1) is 12.7 Å². The maximum Gasteiger partial charge on any atom is 0.208 e. The summed E-state index contributed by atoms with van der Waals surface area (Å²) in [5.41, 5.74) is 0.565. The average Bonchev–Trinajstić information content (AvgIpc) is 3.15. The molecule has 5 fully saturated rings. The zero-order valence-electron chi connectivity index (χ0n) is 12.8. The largest absolute Gasteiger partial charge is 0.444 e. The van der Waals surface area contributed by atoms with Crippen LogP contribution in [0.4, 0.5) is 0 Å². The third-order valence-electron chi connectivity index (χ3n) is 6.44. The third kappa shape index (κ3) is 2.44. The first kappa shape index (κ1) is 12.7. The normalized spacial score (nSPS) is 40.9. The van der Waals surface area contributed by atoms with Crippen molar-refractivity contribution in [2.75, 3.05) is 0 Å². The van der Waals surface area contributed by atoms with Gasteiger partial charge < -0.3 is 9.73 Å². The molecule has 0 amide bonds. The van der Waals surface area contributed by atoms with Gasteiger partial charge in [0.1, 0.15) is 5.76 Å². The first-order valence-electron chi connectivity index (χ1n) is 8.93. The summed E-state index contributed by atoms with van der Waals surface area (Å²) in [6.45, 7) is 0.811. The maximum atomic E-state index is 6.03. The van der Waals surface area contributed by atoms with E-state index in [1.165, 1.54) is 51.4 Å². The van der Waals surface area contributed by atoms with Crippen LogP contribution in [0.1, 0.15) is 63.0 Å². The van der Waals surface area contributed by atoms with Gasteiger partial charge in [-0.15, -0.1) is 0 Å². The predicted molar refractivity (Wildman–Crippen MR) is 80.7 cm³/mol.